The summed E-state index contributed by atoms with van der Waals surface area (Å²) >= 11 is 0. The molecular formula is C18H16N6O7. The van der Waals surface area contributed by atoms with E-state index >= 15 is 0 Å². The first-order valence-electron chi connectivity index (χ1n) is 8.93. The molecular weight excluding hydrogens is 412 g/mol. The first-order valence-corrected chi connectivity index (χ1v) is 8.93. The molecule has 0 bridgehead atoms. The summed E-state index contributed by atoms with van der Waals surface area (Å²) in [5.41, 5.74) is 0.985. The van der Waals surface area contributed by atoms with Crippen molar-refractivity contribution in [3.63, 3.8) is 0 Å². The molecule has 0 radical (unpaired) electrons. The molecule has 0 atom stereocenters. The van der Waals surface area contributed by atoms with Gasteiger partial charge in [0.25, 0.3) is 0 Å². The number of aliphatic carboxylic acids is 1. The van der Waals surface area contributed by atoms with Crippen LogP contribution in [0.4, 0.5) is 10.6 Å². The molecule has 31 heavy (non-hydrogen) atoms. The number of nitrogens with zero attached hydrogens (tertiary/aromatic N) is 5. The zero-order valence-corrected chi connectivity index (χ0v) is 16.1. The van der Waals surface area contributed by atoms with Gasteiger partial charge in [-0.25, -0.2) is 29.4 Å². The summed E-state index contributed by atoms with van der Waals surface area (Å²) in [5.74, 6) is -0.511. The van der Waals surface area contributed by atoms with Crippen molar-refractivity contribution >= 4 is 35.0 Å². The molecule has 0 saturated carbocycles. The van der Waals surface area contributed by atoms with Crippen molar-refractivity contribution in [2.75, 3.05) is 23.7 Å². The zero-order chi connectivity index (χ0) is 22.0. The van der Waals surface area contributed by atoms with E-state index in [0.717, 1.165) is 11.3 Å². The number of carboxylic acids is 1. The number of amides is 2. The Kier molecular flexibility index (Phi) is 5.22. The fourth-order valence-corrected chi connectivity index (χ4v) is 2.87. The Hall–Kier alpha value is -4.42. The molecule has 0 fully saturated rings. The number of fused-ring (bicyclic) bond motifs is 2. The van der Waals surface area contributed by atoms with Crippen LogP contribution in [0.15, 0.2) is 30.9 Å². The van der Waals surface area contributed by atoms with Gasteiger partial charge >= 0.3 is 12.1 Å². The van der Waals surface area contributed by atoms with Gasteiger partial charge in [-0.05, 0) is 17.7 Å². The van der Waals surface area contributed by atoms with Gasteiger partial charge in [-0.2, -0.15) is 0 Å². The molecule has 2 amide bonds. The molecule has 1 aliphatic rings. The lowest BCUT2D eigenvalue weighted by Crippen LogP contribution is -2.42. The number of nitrogens with one attached hydrogen (secondary N) is 1. The fourth-order valence-electron chi connectivity index (χ4n) is 2.87. The van der Waals surface area contributed by atoms with Crippen molar-refractivity contribution < 1.29 is 33.7 Å². The van der Waals surface area contributed by atoms with Gasteiger partial charge in [-0.15, -0.1) is 0 Å². The second-order valence-corrected chi connectivity index (χ2v) is 6.34. The van der Waals surface area contributed by atoms with Gasteiger partial charge in [-0.3, -0.25) is 14.9 Å². The Morgan fingerprint density at radius 2 is 2.03 bits per heavy atom. The Morgan fingerprint density at radius 1 is 1.23 bits per heavy atom. The summed E-state index contributed by atoms with van der Waals surface area (Å²) in [4.78, 5) is 47.2. The van der Waals surface area contributed by atoms with E-state index in [-0.39, 0.29) is 30.4 Å². The number of carbonyl (C=O) groups is 3. The Bertz CT molecular complexity index is 1180. The fraction of sp³-hybridized carbons (Fsp3) is 0.222. The normalized spacial score (nSPS) is 11.9. The molecule has 13 nitrogen and oxygen atoms in total. The van der Waals surface area contributed by atoms with E-state index in [1.807, 2.05) is 0 Å². The second-order valence-electron chi connectivity index (χ2n) is 6.34. The molecule has 4 rings (SSSR count). The lowest BCUT2D eigenvalue weighted by atomic mass is 10.2. The number of ether oxygens (including phenoxy) is 3. The van der Waals surface area contributed by atoms with E-state index < -0.39 is 24.5 Å². The smallest absolute Gasteiger partial charge is 0.413 e. The number of carboxylic acid groups (broad SMARTS) is 1. The topological polar surface area (TPSA) is 158 Å². The van der Waals surface area contributed by atoms with Gasteiger partial charge in [0.1, 0.15) is 25.8 Å². The van der Waals surface area contributed by atoms with Crippen molar-refractivity contribution in [2.24, 2.45) is 0 Å². The highest BCUT2D eigenvalue weighted by atomic mass is 16.7. The van der Waals surface area contributed by atoms with Crippen molar-refractivity contribution in [1.29, 1.82) is 0 Å². The highest BCUT2D eigenvalue weighted by molar-refractivity contribution is 5.95. The van der Waals surface area contributed by atoms with Gasteiger partial charge in [0.2, 0.25) is 12.7 Å². The Balaban J connectivity index is 1.48. The molecule has 2 N–H and O–H groups in total. The lowest BCUT2D eigenvalue weighted by molar-refractivity contribution is -0.137. The number of hydrogen-bond donors (Lipinski definition) is 2. The predicted molar refractivity (Wildman–Crippen MR) is 103 cm³/mol. The van der Waals surface area contributed by atoms with Gasteiger partial charge in [-0.1, -0.05) is 6.07 Å². The third-order valence-electron chi connectivity index (χ3n) is 4.25. The van der Waals surface area contributed by atoms with E-state index in [2.05, 4.69) is 20.3 Å². The van der Waals surface area contributed by atoms with Crippen molar-refractivity contribution in [3.05, 3.63) is 36.4 Å². The first-order chi connectivity index (χ1) is 14.9. The average Bonchev–Trinajstić information content (AvgIpc) is 3.37. The highest BCUT2D eigenvalue weighted by Gasteiger charge is 2.21. The van der Waals surface area contributed by atoms with E-state index in [1.165, 1.54) is 17.9 Å². The van der Waals surface area contributed by atoms with Gasteiger partial charge in [0.05, 0.1) is 0 Å². The third kappa shape index (κ3) is 4.14. The molecule has 0 aliphatic carbocycles. The molecule has 0 unspecified atom stereocenters. The summed E-state index contributed by atoms with van der Waals surface area (Å²) in [6.45, 7) is 0.736. The van der Waals surface area contributed by atoms with Gasteiger partial charge < -0.3 is 19.3 Å². The van der Waals surface area contributed by atoms with Crippen LogP contribution >= 0.6 is 0 Å². The van der Waals surface area contributed by atoms with Crippen LogP contribution in [0.25, 0.3) is 11.2 Å². The van der Waals surface area contributed by atoms with Gasteiger partial charge in [0, 0.05) is 6.92 Å². The number of aromatic nitrogens is 4. The van der Waals surface area contributed by atoms with Crippen molar-refractivity contribution in [1.82, 2.24) is 19.6 Å². The monoisotopic (exact) mass is 428 g/mol. The van der Waals surface area contributed by atoms with Gasteiger partial charge in [0.15, 0.2) is 28.5 Å². The van der Waals surface area contributed by atoms with E-state index in [4.69, 9.17) is 19.3 Å². The summed E-state index contributed by atoms with van der Waals surface area (Å²) in [6.07, 6.45) is 1.57. The second kappa shape index (κ2) is 8.14. The molecule has 160 valence electrons. The minimum absolute atomic E-state index is 0.0259. The maximum absolute atomic E-state index is 12.2. The quantitative estimate of drug-likeness (QED) is 0.577. The predicted octanol–water partition coefficient (Wildman–Crippen LogP) is 0.873. The van der Waals surface area contributed by atoms with Crippen LogP contribution in [0.1, 0.15) is 12.5 Å². The van der Waals surface area contributed by atoms with Crippen LogP contribution in [-0.2, 0) is 20.9 Å². The molecule has 2 aromatic heterocycles. The standard InChI is InChI=1S/C18H16N6O7/c1-10(25)23(5-14(26)27)24-8-21-15-16(19-7-20-17(15)24)22-18(28)29-6-11-2-3-12-13(4-11)31-9-30-12/h2-4,7-8H,5-6,9H2,1H3,(H,26,27)(H,19,20,22,28). The Morgan fingerprint density at radius 3 is 2.81 bits per heavy atom. The first kappa shape index (κ1) is 19.9. The Labute approximate surface area is 174 Å². The van der Waals surface area contributed by atoms with Crippen LogP contribution < -0.4 is 19.8 Å². The van der Waals surface area contributed by atoms with Crippen molar-refractivity contribution in [2.45, 2.75) is 13.5 Å². The molecule has 0 spiro atoms. The van der Waals surface area contributed by atoms with Crippen molar-refractivity contribution in [3.8, 4) is 11.5 Å². The average molecular weight is 428 g/mol. The molecule has 3 aromatic rings. The molecule has 0 saturated heterocycles. The number of imidazole rings is 1. The lowest BCUT2D eigenvalue weighted by Gasteiger charge is -2.19. The maximum atomic E-state index is 12.2. The number of benzene rings is 1. The van der Waals surface area contributed by atoms with Crippen LogP contribution in [-0.4, -0.2) is 56.0 Å². The number of anilines is 1. The minimum Gasteiger partial charge on any atom is -0.480 e. The maximum Gasteiger partial charge on any atom is 0.413 e. The highest BCUT2D eigenvalue weighted by Crippen LogP contribution is 2.32. The zero-order valence-electron chi connectivity index (χ0n) is 16.1. The van der Waals surface area contributed by atoms with E-state index in [1.54, 1.807) is 18.2 Å². The molecule has 13 heteroatoms. The van der Waals surface area contributed by atoms with Crippen LogP contribution in [0.5, 0.6) is 11.5 Å². The SMILES string of the molecule is CC(=O)N(CC(=O)O)n1cnc2c(NC(=O)OCc3ccc4c(c3)OCO4)ncnc21. The third-order valence-corrected chi connectivity index (χ3v) is 4.25. The number of carbonyl (C=O) groups excluding carboxylic acids is 2. The molecule has 1 aliphatic heterocycles. The summed E-state index contributed by atoms with van der Waals surface area (Å²) in [5, 5.41) is 12.4. The van der Waals surface area contributed by atoms with E-state index in [9.17, 15) is 14.4 Å². The summed E-state index contributed by atoms with van der Waals surface area (Å²) < 4.78 is 16.9. The number of hydrogen-bond acceptors (Lipinski definition) is 9. The van der Waals surface area contributed by atoms with Crippen LogP contribution in [0, 0.1) is 0 Å². The minimum atomic E-state index is -1.21. The molecule has 1 aromatic carbocycles. The summed E-state index contributed by atoms with van der Waals surface area (Å²) in [6, 6.07) is 5.17. The largest absolute Gasteiger partial charge is 0.480 e. The number of rotatable bonds is 6. The van der Waals surface area contributed by atoms with Crippen LogP contribution in [0.2, 0.25) is 0 Å². The summed E-state index contributed by atoms with van der Waals surface area (Å²) in [7, 11) is 0. The molecule has 3 heterocycles. The van der Waals surface area contributed by atoms with Crippen LogP contribution in [0.3, 0.4) is 0 Å². The van der Waals surface area contributed by atoms with E-state index in [0.29, 0.717) is 17.1 Å².